The third-order valence-corrected chi connectivity index (χ3v) is 2.45. The van der Waals surface area contributed by atoms with Crippen molar-refractivity contribution in [3.05, 3.63) is 17.0 Å². The van der Waals surface area contributed by atoms with E-state index < -0.39 is 0 Å². The molecular weight excluding hydrogens is 214 g/mol. The van der Waals surface area contributed by atoms with Crippen molar-refractivity contribution in [2.75, 3.05) is 11.9 Å². The number of hydrogen-bond donors (Lipinski definition) is 2. The van der Waals surface area contributed by atoms with Crippen LogP contribution in [-0.2, 0) is 0 Å². The lowest BCUT2D eigenvalue weighted by Gasteiger charge is -2.21. The van der Waals surface area contributed by atoms with Gasteiger partial charge in [0.15, 0.2) is 0 Å². The Kier molecular flexibility index (Phi) is 4.29. The first-order valence-corrected chi connectivity index (χ1v) is 5.29. The van der Waals surface area contributed by atoms with Gasteiger partial charge in [0, 0.05) is 11.8 Å². The Labute approximate surface area is 94.7 Å². The molecule has 15 heavy (non-hydrogen) atoms. The second-order valence-electron chi connectivity index (χ2n) is 3.85. The number of aliphatic hydroxyl groups is 1. The van der Waals surface area contributed by atoms with Crippen molar-refractivity contribution < 1.29 is 5.11 Å². The van der Waals surface area contributed by atoms with Crippen LogP contribution >= 0.6 is 11.6 Å². The van der Waals surface area contributed by atoms with E-state index in [2.05, 4.69) is 15.3 Å². The van der Waals surface area contributed by atoms with Crippen molar-refractivity contribution in [3.63, 3.8) is 0 Å². The van der Waals surface area contributed by atoms with Crippen LogP contribution in [0.1, 0.15) is 19.4 Å². The molecule has 4 nitrogen and oxygen atoms in total. The summed E-state index contributed by atoms with van der Waals surface area (Å²) >= 11 is 5.70. The third kappa shape index (κ3) is 3.32. The molecule has 0 aliphatic carbocycles. The summed E-state index contributed by atoms with van der Waals surface area (Å²) < 4.78 is 0. The molecule has 0 aliphatic heterocycles. The SMILES string of the molecule is Cc1cnc(Cl)nc1N[C@H](CO)C(C)C. The third-order valence-electron chi connectivity index (χ3n) is 2.27. The van der Waals surface area contributed by atoms with Gasteiger partial charge in [0.05, 0.1) is 12.6 Å². The predicted molar refractivity (Wildman–Crippen MR) is 61.1 cm³/mol. The summed E-state index contributed by atoms with van der Waals surface area (Å²) in [6.45, 7) is 6.03. The summed E-state index contributed by atoms with van der Waals surface area (Å²) in [7, 11) is 0. The fourth-order valence-electron chi connectivity index (χ4n) is 1.17. The van der Waals surface area contributed by atoms with E-state index in [0.717, 1.165) is 5.56 Å². The average Bonchev–Trinajstić information content (AvgIpc) is 2.18. The molecule has 1 aromatic rings. The molecule has 0 aromatic carbocycles. The largest absolute Gasteiger partial charge is 0.394 e. The monoisotopic (exact) mass is 229 g/mol. The number of anilines is 1. The molecule has 0 saturated carbocycles. The lowest BCUT2D eigenvalue weighted by Crippen LogP contribution is -2.30. The van der Waals surface area contributed by atoms with Crippen molar-refractivity contribution in [2.24, 2.45) is 5.92 Å². The van der Waals surface area contributed by atoms with E-state index in [1.807, 2.05) is 20.8 Å². The second kappa shape index (κ2) is 5.28. The van der Waals surface area contributed by atoms with Crippen LogP contribution in [-0.4, -0.2) is 27.7 Å². The van der Waals surface area contributed by atoms with Gasteiger partial charge in [-0.25, -0.2) is 9.97 Å². The van der Waals surface area contributed by atoms with Crippen LogP contribution < -0.4 is 5.32 Å². The minimum absolute atomic E-state index is 0.0188. The van der Waals surface area contributed by atoms with Gasteiger partial charge in [-0.05, 0) is 24.4 Å². The van der Waals surface area contributed by atoms with E-state index >= 15 is 0 Å². The molecule has 5 heteroatoms. The lowest BCUT2D eigenvalue weighted by atomic mass is 10.1. The zero-order valence-electron chi connectivity index (χ0n) is 9.16. The number of hydrogen-bond acceptors (Lipinski definition) is 4. The van der Waals surface area contributed by atoms with Gasteiger partial charge in [-0.2, -0.15) is 0 Å². The van der Waals surface area contributed by atoms with Crippen molar-refractivity contribution in [2.45, 2.75) is 26.8 Å². The molecule has 0 unspecified atom stereocenters. The van der Waals surface area contributed by atoms with E-state index in [1.54, 1.807) is 6.20 Å². The van der Waals surface area contributed by atoms with Crippen LogP contribution in [0.15, 0.2) is 6.20 Å². The van der Waals surface area contributed by atoms with Gasteiger partial charge < -0.3 is 10.4 Å². The average molecular weight is 230 g/mol. The Bertz CT molecular complexity index is 330. The van der Waals surface area contributed by atoms with Crippen LogP contribution in [0.5, 0.6) is 0 Å². The summed E-state index contributed by atoms with van der Waals surface area (Å²) in [5.74, 6) is 1.01. The normalized spacial score (nSPS) is 12.9. The number of halogens is 1. The molecule has 2 N–H and O–H groups in total. The zero-order valence-corrected chi connectivity index (χ0v) is 9.91. The van der Waals surface area contributed by atoms with Gasteiger partial charge in [-0.1, -0.05) is 13.8 Å². The molecule has 0 saturated heterocycles. The van der Waals surface area contributed by atoms with Gasteiger partial charge in [0.2, 0.25) is 5.28 Å². The first kappa shape index (κ1) is 12.2. The summed E-state index contributed by atoms with van der Waals surface area (Å²) in [5, 5.41) is 12.5. The highest BCUT2D eigenvalue weighted by molar-refractivity contribution is 6.28. The van der Waals surface area contributed by atoms with E-state index in [1.165, 1.54) is 0 Å². The van der Waals surface area contributed by atoms with Gasteiger partial charge in [-0.15, -0.1) is 0 Å². The highest BCUT2D eigenvalue weighted by Crippen LogP contribution is 2.16. The maximum atomic E-state index is 9.18. The first-order chi connectivity index (χ1) is 7.04. The Morgan fingerprint density at radius 2 is 2.20 bits per heavy atom. The Morgan fingerprint density at radius 1 is 1.53 bits per heavy atom. The maximum Gasteiger partial charge on any atom is 0.224 e. The summed E-state index contributed by atoms with van der Waals surface area (Å²) in [4.78, 5) is 7.94. The number of nitrogens with zero attached hydrogens (tertiary/aromatic N) is 2. The topological polar surface area (TPSA) is 58.0 Å². The zero-order chi connectivity index (χ0) is 11.4. The second-order valence-corrected chi connectivity index (χ2v) is 4.19. The highest BCUT2D eigenvalue weighted by Gasteiger charge is 2.13. The number of aryl methyl sites for hydroxylation is 1. The predicted octanol–water partition coefficient (Wildman–Crippen LogP) is 1.87. The Morgan fingerprint density at radius 3 is 2.73 bits per heavy atom. The molecule has 0 radical (unpaired) electrons. The maximum absolute atomic E-state index is 9.18. The summed E-state index contributed by atoms with van der Waals surface area (Å²) in [6.07, 6.45) is 1.66. The first-order valence-electron chi connectivity index (χ1n) is 4.91. The number of aliphatic hydroxyl groups excluding tert-OH is 1. The molecule has 0 bridgehead atoms. The molecule has 1 aromatic heterocycles. The minimum Gasteiger partial charge on any atom is -0.394 e. The molecule has 0 spiro atoms. The highest BCUT2D eigenvalue weighted by atomic mass is 35.5. The van der Waals surface area contributed by atoms with Crippen molar-refractivity contribution >= 4 is 17.4 Å². The minimum atomic E-state index is -0.0188. The molecule has 0 amide bonds. The standard InChI is InChI=1S/C10H16ClN3O/c1-6(2)8(5-15)13-9-7(3)4-12-10(11)14-9/h4,6,8,15H,5H2,1-3H3,(H,12,13,14)/t8-/m1/s1. The Balaban J connectivity index is 2.82. The van der Waals surface area contributed by atoms with Crippen LogP contribution in [0.2, 0.25) is 5.28 Å². The fraction of sp³-hybridized carbons (Fsp3) is 0.600. The number of rotatable bonds is 4. The molecule has 84 valence electrons. The van der Waals surface area contributed by atoms with Crippen molar-refractivity contribution in [1.82, 2.24) is 9.97 Å². The molecular formula is C10H16ClN3O. The van der Waals surface area contributed by atoms with E-state index in [4.69, 9.17) is 11.6 Å². The van der Waals surface area contributed by atoms with Crippen molar-refractivity contribution in [3.8, 4) is 0 Å². The summed E-state index contributed by atoms with van der Waals surface area (Å²) in [5.41, 5.74) is 0.915. The molecule has 1 rings (SSSR count). The van der Waals surface area contributed by atoms with Crippen LogP contribution in [0, 0.1) is 12.8 Å². The number of aromatic nitrogens is 2. The van der Waals surface area contributed by atoms with Crippen LogP contribution in [0.3, 0.4) is 0 Å². The van der Waals surface area contributed by atoms with Gasteiger partial charge >= 0.3 is 0 Å². The molecule has 0 fully saturated rings. The van der Waals surface area contributed by atoms with Crippen molar-refractivity contribution in [1.29, 1.82) is 0 Å². The van der Waals surface area contributed by atoms with E-state index in [0.29, 0.717) is 11.7 Å². The van der Waals surface area contributed by atoms with Gasteiger partial charge in [0.25, 0.3) is 0 Å². The quantitative estimate of drug-likeness (QED) is 0.774. The lowest BCUT2D eigenvalue weighted by molar-refractivity contribution is 0.249. The molecule has 1 heterocycles. The van der Waals surface area contributed by atoms with Crippen LogP contribution in [0.25, 0.3) is 0 Å². The fourth-order valence-corrected chi connectivity index (χ4v) is 1.30. The smallest absolute Gasteiger partial charge is 0.224 e. The molecule has 1 atom stereocenters. The molecule has 0 aliphatic rings. The Hall–Kier alpha value is -0.870. The van der Waals surface area contributed by atoms with Gasteiger partial charge in [-0.3, -0.25) is 0 Å². The van der Waals surface area contributed by atoms with Gasteiger partial charge in [0.1, 0.15) is 5.82 Å². The van der Waals surface area contributed by atoms with E-state index in [9.17, 15) is 5.11 Å². The van der Waals surface area contributed by atoms with Crippen LogP contribution in [0.4, 0.5) is 5.82 Å². The summed E-state index contributed by atoms with van der Waals surface area (Å²) in [6, 6.07) is -0.0188. The number of nitrogens with one attached hydrogen (secondary N) is 1. The van der Waals surface area contributed by atoms with E-state index in [-0.39, 0.29) is 17.9 Å².